The first kappa shape index (κ1) is 17.7. The van der Waals surface area contributed by atoms with E-state index in [0.29, 0.717) is 25.3 Å². The number of hydrogen-bond acceptors (Lipinski definition) is 6. The van der Waals surface area contributed by atoms with Gasteiger partial charge in [0, 0.05) is 4.98 Å². The first-order valence-electron chi connectivity index (χ1n) is 8.68. The fourth-order valence-electron chi connectivity index (χ4n) is 3.00. The molecule has 2 heterocycles. The van der Waals surface area contributed by atoms with Gasteiger partial charge in [0.25, 0.3) is 0 Å². The molecule has 0 spiro atoms. The van der Waals surface area contributed by atoms with E-state index < -0.39 is 4.92 Å². The highest BCUT2D eigenvalue weighted by Gasteiger charge is 2.28. The number of rotatable bonds is 5. The second-order valence-corrected chi connectivity index (χ2v) is 6.42. The minimum atomic E-state index is -0.542. The molecule has 1 atom stereocenters. The van der Waals surface area contributed by atoms with Crippen molar-refractivity contribution >= 4 is 5.82 Å². The smallest absolute Gasteiger partial charge is 0.414 e. The van der Waals surface area contributed by atoms with Crippen LogP contribution in [0.4, 0.5) is 5.82 Å². The number of fused-ring (bicyclic) bond motifs is 1. The molecular weight excluding hydrogens is 360 g/mol. The number of benzene rings is 2. The van der Waals surface area contributed by atoms with Gasteiger partial charge in [0.1, 0.15) is 18.9 Å². The summed E-state index contributed by atoms with van der Waals surface area (Å²) in [5.74, 6) is -0.228. The van der Waals surface area contributed by atoms with Crippen LogP contribution in [-0.2, 0) is 17.9 Å². The molecule has 28 heavy (non-hydrogen) atoms. The number of hydrogen-bond donors (Lipinski definition) is 0. The van der Waals surface area contributed by atoms with Crippen LogP contribution in [0.25, 0.3) is 11.1 Å². The third-order valence-electron chi connectivity index (χ3n) is 4.50. The molecule has 0 unspecified atom stereocenters. The van der Waals surface area contributed by atoms with Gasteiger partial charge in [-0.25, -0.2) is 0 Å². The molecule has 2 aromatic carbocycles. The van der Waals surface area contributed by atoms with Crippen molar-refractivity contribution in [3.63, 3.8) is 0 Å². The van der Waals surface area contributed by atoms with E-state index in [0.717, 1.165) is 16.7 Å². The summed E-state index contributed by atoms with van der Waals surface area (Å²) in [5.41, 5.74) is 3.75. The Morgan fingerprint density at radius 3 is 2.54 bits per heavy atom. The van der Waals surface area contributed by atoms with E-state index in [1.807, 2.05) is 36.4 Å². The van der Waals surface area contributed by atoms with Gasteiger partial charge < -0.3 is 19.6 Å². The largest absolute Gasteiger partial charge is 0.443 e. The Morgan fingerprint density at radius 1 is 1.21 bits per heavy atom. The molecule has 4 rings (SSSR count). The highest BCUT2D eigenvalue weighted by atomic mass is 16.6. The van der Waals surface area contributed by atoms with Gasteiger partial charge in [-0.05, 0) is 33.7 Å². The van der Waals surface area contributed by atoms with Crippen LogP contribution in [0.15, 0.2) is 54.7 Å². The standard InChI is InChI=1S/C20H16N4O4/c21-9-14-1-5-16(6-2-14)17-7-3-15(4-8-17)12-27-18-10-23-11-19(24(25)26)22-20(23)28-13-18/h1-8,11,18H,10,12-13H2/t18-/m0/s1. The van der Waals surface area contributed by atoms with Crippen LogP contribution < -0.4 is 4.74 Å². The normalized spacial score (nSPS) is 15.3. The summed E-state index contributed by atoms with van der Waals surface area (Å²) >= 11 is 0. The van der Waals surface area contributed by atoms with Crippen molar-refractivity contribution in [3.8, 4) is 23.2 Å². The van der Waals surface area contributed by atoms with Crippen molar-refractivity contribution in [2.45, 2.75) is 19.3 Å². The van der Waals surface area contributed by atoms with Crippen molar-refractivity contribution in [3.05, 3.63) is 76.0 Å². The summed E-state index contributed by atoms with van der Waals surface area (Å²) < 4.78 is 12.9. The van der Waals surface area contributed by atoms with E-state index in [-0.39, 0.29) is 17.9 Å². The zero-order valence-electron chi connectivity index (χ0n) is 14.8. The van der Waals surface area contributed by atoms with Gasteiger partial charge in [-0.3, -0.25) is 4.57 Å². The fraction of sp³-hybridized carbons (Fsp3) is 0.200. The lowest BCUT2D eigenvalue weighted by atomic mass is 10.0. The Morgan fingerprint density at radius 2 is 1.89 bits per heavy atom. The molecule has 0 saturated heterocycles. The Hall–Kier alpha value is -3.70. The van der Waals surface area contributed by atoms with E-state index in [4.69, 9.17) is 14.7 Å². The minimum absolute atomic E-state index is 0.209. The second-order valence-electron chi connectivity index (χ2n) is 6.42. The second kappa shape index (κ2) is 7.50. The van der Waals surface area contributed by atoms with E-state index in [1.54, 1.807) is 16.7 Å². The number of imidazole rings is 1. The zero-order valence-corrected chi connectivity index (χ0v) is 14.8. The van der Waals surface area contributed by atoms with Gasteiger partial charge in [-0.15, -0.1) is 0 Å². The first-order chi connectivity index (χ1) is 13.6. The summed E-state index contributed by atoms with van der Waals surface area (Å²) in [6, 6.07) is 17.8. The zero-order chi connectivity index (χ0) is 19.5. The molecule has 0 bridgehead atoms. The summed E-state index contributed by atoms with van der Waals surface area (Å²) in [7, 11) is 0. The van der Waals surface area contributed by atoms with Crippen LogP contribution in [0, 0.1) is 21.4 Å². The molecule has 3 aromatic rings. The van der Waals surface area contributed by atoms with Crippen molar-refractivity contribution in [1.82, 2.24) is 9.55 Å². The van der Waals surface area contributed by atoms with Crippen molar-refractivity contribution in [2.24, 2.45) is 0 Å². The van der Waals surface area contributed by atoms with Crippen LogP contribution >= 0.6 is 0 Å². The van der Waals surface area contributed by atoms with Crippen LogP contribution in [0.1, 0.15) is 11.1 Å². The number of nitro groups is 1. The Balaban J connectivity index is 1.36. The summed E-state index contributed by atoms with van der Waals surface area (Å²) in [6.07, 6.45) is 1.15. The third kappa shape index (κ3) is 3.70. The van der Waals surface area contributed by atoms with Gasteiger partial charge in [-0.2, -0.15) is 5.26 Å². The first-order valence-corrected chi connectivity index (χ1v) is 8.68. The Bertz CT molecular complexity index is 1040. The minimum Gasteiger partial charge on any atom is -0.443 e. The quantitative estimate of drug-likeness (QED) is 0.500. The molecule has 1 aliphatic rings. The molecular formula is C20H16N4O4. The molecule has 140 valence electrons. The lowest BCUT2D eigenvalue weighted by Gasteiger charge is -2.22. The third-order valence-corrected chi connectivity index (χ3v) is 4.50. The SMILES string of the molecule is N#Cc1ccc(-c2ccc(CO[C@@H]3COc4nc([N+](=O)[O-])cn4C3)cc2)cc1. The van der Waals surface area contributed by atoms with E-state index in [2.05, 4.69) is 11.1 Å². The molecule has 0 aliphatic carbocycles. The average molecular weight is 376 g/mol. The number of ether oxygens (including phenoxy) is 2. The Labute approximate surface area is 160 Å². The molecule has 1 aromatic heterocycles. The maximum atomic E-state index is 10.8. The number of nitriles is 1. The molecule has 0 radical (unpaired) electrons. The Kier molecular flexibility index (Phi) is 4.74. The van der Waals surface area contributed by atoms with Crippen LogP contribution in [0.5, 0.6) is 6.01 Å². The molecule has 8 heteroatoms. The van der Waals surface area contributed by atoms with E-state index in [1.165, 1.54) is 6.20 Å². The van der Waals surface area contributed by atoms with Gasteiger partial charge in [-0.1, -0.05) is 36.4 Å². The van der Waals surface area contributed by atoms with Crippen molar-refractivity contribution in [1.29, 1.82) is 5.26 Å². The van der Waals surface area contributed by atoms with Crippen molar-refractivity contribution < 1.29 is 14.4 Å². The lowest BCUT2D eigenvalue weighted by molar-refractivity contribution is -0.389. The summed E-state index contributed by atoms with van der Waals surface area (Å²) in [6.45, 7) is 1.17. The van der Waals surface area contributed by atoms with Crippen molar-refractivity contribution in [2.75, 3.05) is 6.61 Å². The highest BCUT2D eigenvalue weighted by molar-refractivity contribution is 5.64. The maximum absolute atomic E-state index is 10.8. The van der Waals surface area contributed by atoms with E-state index in [9.17, 15) is 10.1 Å². The summed E-state index contributed by atoms with van der Waals surface area (Å²) in [5, 5.41) is 19.7. The fourth-order valence-corrected chi connectivity index (χ4v) is 3.00. The molecule has 8 nitrogen and oxygen atoms in total. The number of aromatic nitrogens is 2. The van der Waals surface area contributed by atoms with Crippen LogP contribution in [-0.4, -0.2) is 27.2 Å². The molecule has 0 fully saturated rings. The van der Waals surface area contributed by atoms with Gasteiger partial charge >= 0.3 is 11.8 Å². The average Bonchev–Trinajstić information content (AvgIpc) is 3.16. The molecule has 0 amide bonds. The molecule has 0 saturated carbocycles. The van der Waals surface area contributed by atoms with Crippen LogP contribution in [0.3, 0.4) is 0 Å². The van der Waals surface area contributed by atoms with Gasteiger partial charge in [0.2, 0.25) is 0 Å². The van der Waals surface area contributed by atoms with Gasteiger partial charge in [0.15, 0.2) is 0 Å². The maximum Gasteiger partial charge on any atom is 0.414 e. The molecule has 0 N–H and O–H groups in total. The van der Waals surface area contributed by atoms with E-state index >= 15 is 0 Å². The topological polar surface area (TPSA) is 103 Å². The summed E-state index contributed by atoms with van der Waals surface area (Å²) in [4.78, 5) is 14.1. The predicted octanol–water partition coefficient (Wildman–Crippen LogP) is 3.31. The molecule has 1 aliphatic heterocycles. The van der Waals surface area contributed by atoms with Gasteiger partial charge in [0.05, 0.1) is 24.8 Å². The monoisotopic (exact) mass is 376 g/mol. The number of nitrogens with zero attached hydrogens (tertiary/aromatic N) is 4. The van der Waals surface area contributed by atoms with Crippen LogP contribution in [0.2, 0.25) is 0 Å². The predicted molar refractivity (Wildman–Crippen MR) is 99.5 cm³/mol. The highest BCUT2D eigenvalue weighted by Crippen LogP contribution is 2.24. The lowest BCUT2D eigenvalue weighted by Crippen LogP contribution is -2.32.